The van der Waals surface area contributed by atoms with Gasteiger partial charge in [0.2, 0.25) is 0 Å². The first-order valence-corrected chi connectivity index (χ1v) is 6.83. The molecule has 0 atom stereocenters. The molecule has 3 rings (SSSR count). The molecule has 1 aromatic rings. The Kier molecular flexibility index (Phi) is 2.88. The first-order chi connectivity index (χ1) is 8.42. The van der Waals surface area contributed by atoms with E-state index >= 15 is 0 Å². The van der Waals surface area contributed by atoms with Crippen molar-refractivity contribution in [3.05, 3.63) is 59.7 Å². The molecule has 1 aromatic carbocycles. The lowest BCUT2D eigenvalue weighted by Crippen LogP contribution is -2.30. The highest BCUT2D eigenvalue weighted by Gasteiger charge is 2.36. The van der Waals surface area contributed by atoms with Crippen molar-refractivity contribution < 1.29 is 0 Å². The third-order valence-corrected chi connectivity index (χ3v) is 4.42. The minimum atomic E-state index is 0.350. The molecule has 0 N–H and O–H groups in total. The van der Waals surface area contributed by atoms with Gasteiger partial charge in [-0.2, -0.15) is 0 Å². The van der Waals surface area contributed by atoms with Gasteiger partial charge in [0.05, 0.1) is 0 Å². The Morgan fingerprint density at radius 2 is 1.65 bits per heavy atom. The molecule has 0 aromatic heterocycles. The Hall–Kier alpha value is -1.30. The van der Waals surface area contributed by atoms with E-state index in [-0.39, 0.29) is 0 Å². The topological polar surface area (TPSA) is 0 Å². The predicted octanol–water partition coefficient (Wildman–Crippen LogP) is 4.77. The van der Waals surface area contributed by atoms with Gasteiger partial charge >= 0.3 is 0 Å². The van der Waals surface area contributed by atoms with Crippen LogP contribution in [0.25, 0.3) is 0 Å². The lowest BCUT2D eigenvalue weighted by atomic mass is 9.64. The molecule has 2 aliphatic carbocycles. The second kappa shape index (κ2) is 4.52. The fourth-order valence-electron chi connectivity index (χ4n) is 3.51. The quantitative estimate of drug-likeness (QED) is 0.678. The van der Waals surface area contributed by atoms with E-state index in [0.717, 1.165) is 6.42 Å². The van der Waals surface area contributed by atoms with E-state index in [2.05, 4.69) is 48.6 Å². The lowest BCUT2D eigenvalue weighted by molar-refractivity contribution is 0.336. The van der Waals surface area contributed by atoms with Crippen LogP contribution >= 0.6 is 0 Å². The number of hydrogen-bond acceptors (Lipinski definition) is 0. The Morgan fingerprint density at radius 3 is 2.29 bits per heavy atom. The second-order valence-electron chi connectivity index (χ2n) is 5.33. The van der Waals surface area contributed by atoms with E-state index in [1.54, 1.807) is 5.57 Å². The largest absolute Gasteiger partial charge is 0.0804 e. The minimum Gasteiger partial charge on any atom is -0.0804 e. The molecule has 88 valence electrons. The molecule has 17 heavy (non-hydrogen) atoms. The van der Waals surface area contributed by atoms with Gasteiger partial charge in [-0.1, -0.05) is 73.4 Å². The van der Waals surface area contributed by atoms with Gasteiger partial charge in [-0.15, -0.1) is 0 Å². The average Bonchev–Trinajstić information content (AvgIpc) is 2.95. The Labute approximate surface area is 104 Å². The Bertz CT molecular complexity index is 430. The van der Waals surface area contributed by atoms with Gasteiger partial charge in [0.25, 0.3) is 0 Å². The molecule has 0 bridgehead atoms. The van der Waals surface area contributed by atoms with Crippen molar-refractivity contribution in [3.8, 4) is 0 Å². The highest BCUT2D eigenvalue weighted by molar-refractivity contribution is 5.42. The molecule has 0 aliphatic heterocycles. The van der Waals surface area contributed by atoms with E-state index in [0.29, 0.717) is 5.41 Å². The van der Waals surface area contributed by atoms with Crippen molar-refractivity contribution in [2.45, 2.75) is 43.9 Å². The average molecular weight is 224 g/mol. The first-order valence-electron chi connectivity index (χ1n) is 6.83. The molecule has 0 radical (unpaired) electrons. The predicted molar refractivity (Wildman–Crippen MR) is 73.0 cm³/mol. The molecule has 0 nitrogen and oxygen atoms in total. The zero-order chi connectivity index (χ0) is 11.6. The molecular formula is C17H20. The maximum atomic E-state index is 2.36. The summed E-state index contributed by atoms with van der Waals surface area (Å²) < 4.78 is 0. The Balaban J connectivity index is 2.02. The van der Waals surface area contributed by atoms with Gasteiger partial charge in [0.15, 0.2) is 0 Å². The zero-order valence-corrected chi connectivity index (χ0v) is 10.4. The molecular weight excluding hydrogens is 204 g/mol. The molecule has 0 unspecified atom stereocenters. The van der Waals surface area contributed by atoms with Gasteiger partial charge in [-0.25, -0.2) is 0 Å². The molecule has 0 amide bonds. The van der Waals surface area contributed by atoms with E-state index < -0.39 is 0 Å². The zero-order valence-electron chi connectivity index (χ0n) is 10.4. The van der Waals surface area contributed by atoms with Crippen LogP contribution in [-0.4, -0.2) is 0 Å². The fraction of sp³-hybridized carbons (Fsp3) is 0.412. The van der Waals surface area contributed by atoms with Crippen LogP contribution in [0.3, 0.4) is 0 Å². The molecule has 1 saturated carbocycles. The minimum absolute atomic E-state index is 0.350. The molecule has 1 fully saturated rings. The lowest BCUT2D eigenvalue weighted by Gasteiger charge is -2.39. The van der Waals surface area contributed by atoms with E-state index in [1.807, 2.05) is 0 Å². The summed E-state index contributed by atoms with van der Waals surface area (Å²) in [6.07, 6.45) is 14.9. The van der Waals surface area contributed by atoms with Crippen LogP contribution in [-0.2, 0) is 5.41 Å². The van der Waals surface area contributed by atoms with Gasteiger partial charge in [-0.3, -0.25) is 0 Å². The maximum absolute atomic E-state index is 2.36. The summed E-state index contributed by atoms with van der Waals surface area (Å²) in [5.41, 5.74) is 3.53. The molecule has 2 aliphatic rings. The highest BCUT2D eigenvalue weighted by atomic mass is 14.4. The molecule has 0 heteroatoms. The van der Waals surface area contributed by atoms with E-state index in [1.165, 1.54) is 37.7 Å². The summed E-state index contributed by atoms with van der Waals surface area (Å²) >= 11 is 0. The van der Waals surface area contributed by atoms with Crippen molar-refractivity contribution in [1.82, 2.24) is 0 Å². The fourth-order valence-corrected chi connectivity index (χ4v) is 3.51. The van der Waals surface area contributed by atoms with Gasteiger partial charge in [0.1, 0.15) is 0 Å². The van der Waals surface area contributed by atoms with Crippen molar-refractivity contribution in [2.75, 3.05) is 0 Å². The van der Waals surface area contributed by atoms with Crippen LogP contribution in [0.5, 0.6) is 0 Å². The molecule has 0 saturated heterocycles. The van der Waals surface area contributed by atoms with Crippen molar-refractivity contribution in [2.24, 2.45) is 0 Å². The summed E-state index contributed by atoms with van der Waals surface area (Å²) in [6.45, 7) is 0. The van der Waals surface area contributed by atoms with E-state index in [9.17, 15) is 0 Å². The first kappa shape index (κ1) is 10.8. The summed E-state index contributed by atoms with van der Waals surface area (Å²) in [4.78, 5) is 0. The van der Waals surface area contributed by atoms with Crippen molar-refractivity contribution in [3.63, 3.8) is 0 Å². The summed E-state index contributed by atoms with van der Waals surface area (Å²) in [5.74, 6) is 0. The van der Waals surface area contributed by atoms with Gasteiger partial charge < -0.3 is 0 Å². The smallest absolute Gasteiger partial charge is 0.0168 e. The Morgan fingerprint density at radius 1 is 0.882 bits per heavy atom. The van der Waals surface area contributed by atoms with Crippen molar-refractivity contribution >= 4 is 0 Å². The van der Waals surface area contributed by atoms with Crippen LogP contribution in [0.4, 0.5) is 0 Å². The maximum Gasteiger partial charge on any atom is 0.0168 e. The molecule has 0 heterocycles. The van der Waals surface area contributed by atoms with Crippen LogP contribution in [0.15, 0.2) is 54.1 Å². The normalized spacial score (nSPS) is 22.5. The monoisotopic (exact) mass is 224 g/mol. The summed E-state index contributed by atoms with van der Waals surface area (Å²) in [7, 11) is 0. The SMILES string of the molecule is C1=CCC(C2(c3ccccc3)CCCCC2)=C1. The number of benzene rings is 1. The number of rotatable bonds is 2. The van der Waals surface area contributed by atoms with Crippen LogP contribution in [0.1, 0.15) is 44.1 Å². The number of allylic oxidation sites excluding steroid dienone is 4. The third-order valence-electron chi connectivity index (χ3n) is 4.42. The third kappa shape index (κ3) is 1.86. The summed E-state index contributed by atoms with van der Waals surface area (Å²) in [5, 5.41) is 0. The van der Waals surface area contributed by atoms with Gasteiger partial charge in [-0.05, 0) is 24.8 Å². The van der Waals surface area contributed by atoms with Crippen LogP contribution in [0, 0.1) is 0 Å². The van der Waals surface area contributed by atoms with Crippen LogP contribution in [0.2, 0.25) is 0 Å². The molecule has 0 spiro atoms. The van der Waals surface area contributed by atoms with Crippen molar-refractivity contribution in [1.29, 1.82) is 0 Å². The summed E-state index contributed by atoms with van der Waals surface area (Å²) in [6, 6.07) is 11.2. The standard InChI is InChI=1S/C17H20/c1-3-9-15(10-4-1)17(13-7-2-8-14-17)16-11-5-6-12-16/h1,3-6,9-11H,2,7-8,12-14H2. The number of hydrogen-bond donors (Lipinski definition) is 0. The van der Waals surface area contributed by atoms with Crippen LogP contribution < -0.4 is 0 Å². The van der Waals surface area contributed by atoms with E-state index in [4.69, 9.17) is 0 Å². The van der Waals surface area contributed by atoms with Gasteiger partial charge in [0, 0.05) is 5.41 Å². The second-order valence-corrected chi connectivity index (χ2v) is 5.33. The highest BCUT2D eigenvalue weighted by Crippen LogP contribution is 2.47.